The van der Waals surface area contributed by atoms with Crippen molar-refractivity contribution in [3.05, 3.63) is 29.7 Å². The van der Waals surface area contributed by atoms with E-state index in [0.717, 1.165) is 54.0 Å². The molecule has 4 rings (SSSR count). The molecule has 1 aromatic carbocycles. The number of carbonyl (C=O) groups excluding carboxylic acids is 2. The predicted octanol–water partition coefficient (Wildman–Crippen LogP) is 2.89. The van der Waals surface area contributed by atoms with Crippen LogP contribution in [0.25, 0.3) is 11.1 Å². The second-order valence-corrected chi connectivity index (χ2v) is 8.26. The van der Waals surface area contributed by atoms with Gasteiger partial charge in [0.25, 0.3) is 0 Å². The number of carbonyl (C=O) groups is 2. The molecule has 2 heterocycles. The van der Waals surface area contributed by atoms with E-state index in [4.69, 9.17) is 4.52 Å². The Bertz CT molecular complexity index is 927. The van der Waals surface area contributed by atoms with E-state index >= 15 is 0 Å². The average molecular weight is 412 g/mol. The van der Waals surface area contributed by atoms with Crippen molar-refractivity contribution >= 4 is 23.2 Å². The third-order valence-corrected chi connectivity index (χ3v) is 5.97. The molecule has 2 aromatic rings. The maximum absolute atomic E-state index is 12.8. The second kappa shape index (κ2) is 8.47. The molecular formula is C22H28N4O4. The smallest absolute Gasteiger partial charge is 0.247 e. The second-order valence-electron chi connectivity index (χ2n) is 8.26. The first-order valence-corrected chi connectivity index (χ1v) is 10.5. The summed E-state index contributed by atoms with van der Waals surface area (Å²) in [5, 5.41) is 23.0. The normalized spacial score (nSPS) is 23.8. The van der Waals surface area contributed by atoms with Gasteiger partial charge in [0.05, 0.1) is 23.2 Å². The fourth-order valence-corrected chi connectivity index (χ4v) is 4.29. The molecule has 8 heteroatoms. The number of nitrogens with zero attached hydrogens (tertiary/aromatic N) is 1. The van der Waals surface area contributed by atoms with Crippen molar-refractivity contribution in [2.45, 2.75) is 70.6 Å². The van der Waals surface area contributed by atoms with E-state index in [1.165, 1.54) is 0 Å². The zero-order valence-electron chi connectivity index (χ0n) is 17.3. The number of nitrogens with one attached hydrogen (secondary N) is 3. The van der Waals surface area contributed by atoms with Crippen molar-refractivity contribution in [3.8, 4) is 11.1 Å². The number of hydrogen-bond acceptors (Lipinski definition) is 6. The largest absolute Gasteiger partial charge is 0.393 e. The highest BCUT2D eigenvalue weighted by Crippen LogP contribution is 2.34. The molecule has 2 amide bonds. The fraction of sp³-hybridized carbons (Fsp3) is 0.500. The standard InChI is InChI=1S/C22H28N4O4/c1-12-21(13(2)30-26-12)14-3-8-17(23-15-4-6-16(27)7-5-15)19(11-14)25-22(29)18-9-10-20(28)24-18/h3,8,11,15-16,18,23,27H,4-7,9-10H2,1-2H3,(H,24,28)(H,25,29)/t15?,16?,18-/m0/s1. The van der Waals surface area contributed by atoms with Crippen molar-refractivity contribution in [3.63, 3.8) is 0 Å². The number of aromatic nitrogens is 1. The molecule has 0 bridgehead atoms. The number of amides is 2. The number of aryl methyl sites for hydroxylation is 2. The van der Waals surface area contributed by atoms with Gasteiger partial charge in [-0.2, -0.15) is 0 Å². The molecule has 1 saturated heterocycles. The van der Waals surface area contributed by atoms with Gasteiger partial charge < -0.3 is 25.6 Å². The summed E-state index contributed by atoms with van der Waals surface area (Å²) in [4.78, 5) is 24.3. The van der Waals surface area contributed by atoms with Gasteiger partial charge in [-0.1, -0.05) is 11.2 Å². The number of aliphatic hydroxyl groups excluding tert-OH is 1. The Hall–Kier alpha value is -2.87. The van der Waals surface area contributed by atoms with Crippen LogP contribution >= 0.6 is 0 Å². The monoisotopic (exact) mass is 412 g/mol. The Morgan fingerprint density at radius 1 is 1.17 bits per heavy atom. The van der Waals surface area contributed by atoms with Crippen molar-refractivity contribution < 1.29 is 19.2 Å². The van der Waals surface area contributed by atoms with Crippen LogP contribution < -0.4 is 16.0 Å². The van der Waals surface area contributed by atoms with Crippen molar-refractivity contribution in [2.24, 2.45) is 0 Å². The number of benzene rings is 1. The first kappa shape index (κ1) is 20.4. The lowest BCUT2D eigenvalue weighted by atomic mass is 9.92. The van der Waals surface area contributed by atoms with Gasteiger partial charge in [0.15, 0.2) is 0 Å². The van der Waals surface area contributed by atoms with E-state index < -0.39 is 6.04 Å². The minimum Gasteiger partial charge on any atom is -0.393 e. The predicted molar refractivity (Wildman–Crippen MR) is 113 cm³/mol. The van der Waals surface area contributed by atoms with Crippen LogP contribution in [0.1, 0.15) is 50.0 Å². The molecule has 4 N–H and O–H groups in total. The minimum atomic E-state index is -0.516. The Labute approximate surface area is 175 Å². The van der Waals surface area contributed by atoms with E-state index in [2.05, 4.69) is 21.1 Å². The summed E-state index contributed by atoms with van der Waals surface area (Å²) in [6, 6.07) is 5.58. The molecule has 160 valence electrons. The van der Waals surface area contributed by atoms with E-state index in [1.54, 1.807) is 0 Å². The summed E-state index contributed by atoms with van der Waals surface area (Å²) < 4.78 is 5.30. The molecule has 2 aliphatic rings. The third-order valence-electron chi connectivity index (χ3n) is 5.97. The van der Waals surface area contributed by atoms with Crippen molar-refractivity contribution in [2.75, 3.05) is 10.6 Å². The minimum absolute atomic E-state index is 0.0984. The van der Waals surface area contributed by atoms with Crippen molar-refractivity contribution in [1.82, 2.24) is 10.5 Å². The lowest BCUT2D eigenvalue weighted by Crippen LogP contribution is -2.37. The molecular weight excluding hydrogens is 384 g/mol. The quantitative estimate of drug-likeness (QED) is 0.600. The number of hydrogen-bond donors (Lipinski definition) is 4. The summed E-state index contributed by atoms with van der Waals surface area (Å²) in [7, 11) is 0. The summed E-state index contributed by atoms with van der Waals surface area (Å²) in [6.45, 7) is 3.75. The van der Waals surface area contributed by atoms with Crippen LogP contribution in [0.3, 0.4) is 0 Å². The topological polar surface area (TPSA) is 116 Å². The molecule has 30 heavy (non-hydrogen) atoms. The van der Waals surface area contributed by atoms with Crippen LogP contribution in [0.2, 0.25) is 0 Å². The van der Waals surface area contributed by atoms with Crippen LogP contribution in [0.5, 0.6) is 0 Å². The average Bonchev–Trinajstić information content (AvgIpc) is 3.30. The van der Waals surface area contributed by atoms with Gasteiger partial charge in [-0.15, -0.1) is 0 Å². The molecule has 1 saturated carbocycles. The Morgan fingerprint density at radius 2 is 1.93 bits per heavy atom. The van der Waals surface area contributed by atoms with E-state index in [0.29, 0.717) is 18.5 Å². The fourth-order valence-electron chi connectivity index (χ4n) is 4.29. The lowest BCUT2D eigenvalue weighted by molar-refractivity contribution is -0.122. The Morgan fingerprint density at radius 3 is 2.57 bits per heavy atom. The molecule has 8 nitrogen and oxygen atoms in total. The SMILES string of the molecule is Cc1noc(C)c1-c1ccc(NC2CCC(O)CC2)c(NC(=O)[C@@H]2CCC(=O)N2)c1. The molecule has 1 aliphatic carbocycles. The highest BCUT2D eigenvalue weighted by molar-refractivity contribution is 6.01. The Kier molecular flexibility index (Phi) is 5.76. The van der Waals surface area contributed by atoms with E-state index in [9.17, 15) is 14.7 Å². The van der Waals surface area contributed by atoms with Gasteiger partial charge in [-0.3, -0.25) is 9.59 Å². The van der Waals surface area contributed by atoms with Crippen LogP contribution in [0.4, 0.5) is 11.4 Å². The zero-order valence-corrected chi connectivity index (χ0v) is 17.3. The number of aliphatic hydroxyl groups is 1. The van der Waals surface area contributed by atoms with Gasteiger partial charge in [-0.25, -0.2) is 0 Å². The van der Waals surface area contributed by atoms with E-state index in [1.807, 2.05) is 32.0 Å². The van der Waals surface area contributed by atoms with Gasteiger partial charge in [0.2, 0.25) is 11.8 Å². The van der Waals surface area contributed by atoms with Crippen LogP contribution in [-0.2, 0) is 9.59 Å². The molecule has 1 aromatic heterocycles. The van der Waals surface area contributed by atoms with Crippen LogP contribution in [0.15, 0.2) is 22.7 Å². The van der Waals surface area contributed by atoms with Gasteiger partial charge in [0.1, 0.15) is 11.8 Å². The summed E-state index contributed by atoms with van der Waals surface area (Å²) >= 11 is 0. The lowest BCUT2D eigenvalue weighted by Gasteiger charge is -2.28. The zero-order chi connectivity index (χ0) is 21.3. The van der Waals surface area contributed by atoms with Crippen molar-refractivity contribution in [1.29, 1.82) is 0 Å². The van der Waals surface area contributed by atoms with Gasteiger partial charge in [-0.05, 0) is 63.6 Å². The summed E-state index contributed by atoms with van der Waals surface area (Å²) in [5.74, 6) is 0.396. The molecule has 0 unspecified atom stereocenters. The first-order valence-electron chi connectivity index (χ1n) is 10.5. The highest BCUT2D eigenvalue weighted by atomic mass is 16.5. The van der Waals surface area contributed by atoms with Gasteiger partial charge in [0, 0.05) is 18.0 Å². The van der Waals surface area contributed by atoms with Crippen LogP contribution in [-0.4, -0.2) is 40.3 Å². The summed E-state index contributed by atoms with van der Waals surface area (Å²) in [5.41, 5.74) is 4.08. The molecule has 1 aliphatic heterocycles. The molecule has 1 atom stereocenters. The van der Waals surface area contributed by atoms with E-state index in [-0.39, 0.29) is 24.0 Å². The van der Waals surface area contributed by atoms with Gasteiger partial charge >= 0.3 is 0 Å². The molecule has 0 radical (unpaired) electrons. The maximum Gasteiger partial charge on any atom is 0.247 e. The Balaban J connectivity index is 1.61. The third kappa shape index (κ3) is 4.33. The first-order chi connectivity index (χ1) is 14.4. The number of anilines is 2. The number of rotatable bonds is 5. The molecule has 0 spiro atoms. The maximum atomic E-state index is 12.8. The molecule has 2 fully saturated rings. The van der Waals surface area contributed by atoms with Crippen LogP contribution in [0, 0.1) is 13.8 Å². The summed E-state index contributed by atoms with van der Waals surface area (Å²) in [6.07, 6.45) is 3.92. The highest BCUT2D eigenvalue weighted by Gasteiger charge is 2.28.